The number of nitrogens with one attached hydrogen (secondary N) is 1. The largest absolute Gasteiger partial charge is 0.488 e. The van der Waals surface area contributed by atoms with Crippen molar-refractivity contribution < 1.29 is 14.5 Å². The van der Waals surface area contributed by atoms with Gasteiger partial charge in [-0.3, -0.25) is 14.9 Å². The fourth-order valence-electron chi connectivity index (χ4n) is 3.38. The van der Waals surface area contributed by atoms with Crippen molar-refractivity contribution in [3.63, 3.8) is 0 Å². The first-order valence-electron chi connectivity index (χ1n) is 10.4. The molecular formula is C25H19BrIN3O4S. The number of benzene rings is 3. The fourth-order valence-corrected chi connectivity index (χ4v) is 5.15. The first-order chi connectivity index (χ1) is 16.7. The molecule has 0 aliphatic carbocycles. The second-order valence-corrected chi connectivity index (χ2v) is 10.8. The van der Waals surface area contributed by atoms with Gasteiger partial charge in [-0.1, -0.05) is 34.1 Å². The van der Waals surface area contributed by atoms with Crippen LogP contribution in [0.3, 0.4) is 0 Å². The summed E-state index contributed by atoms with van der Waals surface area (Å²) in [5.41, 5.74) is 4.54. The molecule has 1 fully saturated rings. The summed E-state index contributed by atoms with van der Waals surface area (Å²) >= 11 is 7.02. The van der Waals surface area contributed by atoms with Crippen LogP contribution in [0, 0.1) is 27.5 Å². The summed E-state index contributed by atoms with van der Waals surface area (Å²) in [5, 5.41) is 14.3. The zero-order chi connectivity index (χ0) is 25.1. The lowest BCUT2D eigenvalue weighted by Gasteiger charge is -2.09. The molecule has 1 aliphatic rings. The Labute approximate surface area is 228 Å². The van der Waals surface area contributed by atoms with Crippen LogP contribution in [-0.4, -0.2) is 16.0 Å². The predicted octanol–water partition coefficient (Wildman–Crippen LogP) is 7.05. The van der Waals surface area contributed by atoms with Crippen LogP contribution in [0.2, 0.25) is 0 Å². The lowest BCUT2D eigenvalue weighted by atomic mass is 10.1. The van der Waals surface area contributed by atoms with E-state index in [0.29, 0.717) is 21.4 Å². The smallest absolute Gasteiger partial charge is 0.269 e. The van der Waals surface area contributed by atoms with E-state index in [9.17, 15) is 14.9 Å². The highest BCUT2D eigenvalue weighted by atomic mass is 127. The van der Waals surface area contributed by atoms with Crippen molar-refractivity contribution in [1.29, 1.82) is 0 Å². The second-order valence-electron chi connectivity index (χ2n) is 7.78. The number of nitrogens with zero attached hydrogens (tertiary/aromatic N) is 2. The van der Waals surface area contributed by atoms with Crippen LogP contribution in [0.15, 0.2) is 69.0 Å². The highest BCUT2D eigenvalue weighted by Gasteiger charge is 2.24. The maximum absolute atomic E-state index is 12.5. The van der Waals surface area contributed by atoms with Gasteiger partial charge in [-0.05, 0) is 101 Å². The molecule has 4 rings (SSSR count). The van der Waals surface area contributed by atoms with E-state index in [1.165, 1.54) is 23.9 Å². The van der Waals surface area contributed by atoms with Gasteiger partial charge in [0.05, 0.1) is 19.1 Å². The Balaban J connectivity index is 1.46. The number of aryl methyl sites for hydroxylation is 2. The molecule has 178 valence electrons. The number of non-ortho nitro benzene ring substituents is 1. The lowest BCUT2D eigenvalue weighted by Crippen LogP contribution is -2.19. The monoisotopic (exact) mass is 663 g/mol. The summed E-state index contributed by atoms with van der Waals surface area (Å²) in [5.74, 6) is 0.464. The summed E-state index contributed by atoms with van der Waals surface area (Å²) in [6.45, 7) is 4.22. The molecular weight excluding hydrogens is 645 g/mol. The van der Waals surface area contributed by atoms with Gasteiger partial charge in [0, 0.05) is 16.6 Å². The maximum atomic E-state index is 12.5. The van der Waals surface area contributed by atoms with Gasteiger partial charge in [0.15, 0.2) is 5.17 Å². The van der Waals surface area contributed by atoms with E-state index in [1.807, 2.05) is 50.3 Å². The summed E-state index contributed by atoms with van der Waals surface area (Å²) in [6, 6.07) is 15.9. The summed E-state index contributed by atoms with van der Waals surface area (Å²) in [4.78, 5) is 28.2. The van der Waals surface area contributed by atoms with Gasteiger partial charge in [-0.2, -0.15) is 0 Å². The molecule has 35 heavy (non-hydrogen) atoms. The normalized spacial score (nSPS) is 15.5. The standard InChI is InChI=1S/C25H19BrIN3O4S/c1-14-8-18(9-15(2)23(14)26)28-25-29-24(31)22(35-25)12-16-6-7-21(20(27)11-16)34-13-17-4-3-5-19(10-17)30(32)33/h3-12H,13H2,1-2H3,(H,28,29,31)/b22-12-. The number of rotatable bonds is 6. The van der Waals surface area contributed by atoms with E-state index in [0.717, 1.165) is 30.4 Å². The van der Waals surface area contributed by atoms with E-state index >= 15 is 0 Å². The van der Waals surface area contributed by atoms with Crippen LogP contribution in [0.25, 0.3) is 6.08 Å². The summed E-state index contributed by atoms with van der Waals surface area (Å²) in [6.07, 6.45) is 1.81. The van der Waals surface area contributed by atoms with Crippen molar-refractivity contribution in [2.24, 2.45) is 4.99 Å². The topological polar surface area (TPSA) is 93.8 Å². The van der Waals surface area contributed by atoms with Crippen molar-refractivity contribution >= 4 is 78.8 Å². The molecule has 0 saturated carbocycles. The third-order valence-corrected chi connectivity index (χ3v) is 8.08. The highest BCUT2D eigenvalue weighted by molar-refractivity contribution is 14.1. The molecule has 3 aromatic carbocycles. The zero-order valence-electron chi connectivity index (χ0n) is 18.7. The first-order valence-corrected chi connectivity index (χ1v) is 13.1. The number of halogens is 2. The highest BCUT2D eigenvalue weighted by Crippen LogP contribution is 2.32. The average Bonchev–Trinajstić information content (AvgIpc) is 3.15. The number of carbonyl (C=O) groups is 1. The van der Waals surface area contributed by atoms with E-state index in [1.54, 1.807) is 12.1 Å². The number of amidine groups is 1. The second kappa shape index (κ2) is 10.9. The van der Waals surface area contributed by atoms with E-state index in [-0.39, 0.29) is 18.2 Å². The van der Waals surface area contributed by atoms with Crippen LogP contribution in [0.4, 0.5) is 11.4 Å². The Bertz CT molecular complexity index is 1380. The summed E-state index contributed by atoms with van der Waals surface area (Å²) in [7, 11) is 0. The number of hydrogen-bond acceptors (Lipinski definition) is 6. The van der Waals surface area contributed by atoms with Crippen molar-refractivity contribution in [2.45, 2.75) is 20.5 Å². The number of nitro benzene ring substituents is 1. The number of nitro groups is 1. The molecule has 1 N–H and O–H groups in total. The summed E-state index contributed by atoms with van der Waals surface area (Å²) < 4.78 is 7.77. The third kappa shape index (κ3) is 6.30. The lowest BCUT2D eigenvalue weighted by molar-refractivity contribution is -0.384. The number of ether oxygens (including phenoxy) is 1. The molecule has 7 nitrogen and oxygen atoms in total. The molecule has 0 unspecified atom stereocenters. The van der Waals surface area contributed by atoms with Crippen LogP contribution in [0.1, 0.15) is 22.3 Å². The van der Waals surface area contributed by atoms with E-state index in [2.05, 4.69) is 48.8 Å². The SMILES string of the molecule is Cc1cc(N=C2NC(=O)/C(=C/c3ccc(OCc4cccc([N+](=O)[O-])c4)c(I)c3)S2)cc(C)c1Br. The minimum atomic E-state index is -0.427. The number of thioether (sulfide) groups is 1. The zero-order valence-corrected chi connectivity index (χ0v) is 23.2. The van der Waals surface area contributed by atoms with Gasteiger partial charge in [-0.15, -0.1) is 0 Å². The van der Waals surface area contributed by atoms with Crippen molar-refractivity contribution in [3.05, 3.63) is 99.9 Å². The average molecular weight is 664 g/mol. The van der Waals surface area contributed by atoms with Crippen molar-refractivity contribution in [3.8, 4) is 5.75 Å². The number of carbonyl (C=O) groups excluding carboxylic acids is 1. The van der Waals surface area contributed by atoms with Crippen molar-refractivity contribution in [1.82, 2.24) is 5.32 Å². The van der Waals surface area contributed by atoms with Gasteiger partial charge in [0.2, 0.25) is 0 Å². The van der Waals surface area contributed by atoms with Crippen LogP contribution in [0.5, 0.6) is 5.75 Å². The molecule has 3 aromatic rings. The number of hydrogen-bond donors (Lipinski definition) is 1. The quantitative estimate of drug-likeness (QED) is 0.132. The maximum Gasteiger partial charge on any atom is 0.269 e. The fraction of sp³-hybridized carbons (Fsp3) is 0.120. The molecule has 1 saturated heterocycles. The van der Waals surface area contributed by atoms with Crippen LogP contribution < -0.4 is 10.1 Å². The van der Waals surface area contributed by atoms with Gasteiger partial charge in [0.25, 0.3) is 11.6 Å². The molecule has 0 spiro atoms. The van der Waals surface area contributed by atoms with Crippen LogP contribution >= 0.6 is 50.3 Å². The first kappa shape index (κ1) is 25.4. The van der Waals surface area contributed by atoms with Gasteiger partial charge in [0.1, 0.15) is 12.4 Å². The molecule has 1 amide bonds. The Morgan fingerprint density at radius 2 is 1.91 bits per heavy atom. The molecule has 1 heterocycles. The number of aliphatic imine (C=N–C) groups is 1. The molecule has 0 aromatic heterocycles. The minimum absolute atomic E-state index is 0.0309. The number of amides is 1. The molecule has 0 radical (unpaired) electrons. The Morgan fingerprint density at radius 3 is 2.60 bits per heavy atom. The molecule has 0 bridgehead atoms. The predicted molar refractivity (Wildman–Crippen MR) is 151 cm³/mol. The minimum Gasteiger partial charge on any atom is -0.488 e. The third-order valence-electron chi connectivity index (χ3n) is 5.07. The van der Waals surface area contributed by atoms with Gasteiger partial charge < -0.3 is 10.1 Å². The van der Waals surface area contributed by atoms with E-state index in [4.69, 9.17) is 4.74 Å². The molecule has 10 heteroatoms. The molecule has 1 aliphatic heterocycles. The van der Waals surface area contributed by atoms with E-state index < -0.39 is 4.92 Å². The van der Waals surface area contributed by atoms with Gasteiger partial charge >= 0.3 is 0 Å². The Kier molecular flexibility index (Phi) is 7.92. The molecule has 0 atom stereocenters. The van der Waals surface area contributed by atoms with Crippen LogP contribution in [-0.2, 0) is 11.4 Å². The van der Waals surface area contributed by atoms with Gasteiger partial charge in [-0.25, -0.2) is 4.99 Å². The Morgan fingerprint density at radius 1 is 1.17 bits per heavy atom. The van der Waals surface area contributed by atoms with Crippen molar-refractivity contribution in [2.75, 3.05) is 0 Å². The Hall–Kier alpha value is -2.70.